The van der Waals surface area contributed by atoms with E-state index in [0.717, 1.165) is 44.6 Å². The number of carbonyl (C=O) groups is 3. The molecule has 0 radical (unpaired) electrons. The Hall–Kier alpha value is -3.38. The first-order chi connectivity index (χ1) is 17.5. The van der Waals surface area contributed by atoms with E-state index in [4.69, 9.17) is 25.1 Å². The summed E-state index contributed by atoms with van der Waals surface area (Å²) >= 11 is 0. The fraction of sp³-hybridized carbons (Fsp3) is 0.565. The molecule has 2 heterocycles. The maximum absolute atomic E-state index is 12.4. The number of fused-ring (bicyclic) bond motifs is 1. The molecule has 1 aromatic rings. The van der Waals surface area contributed by atoms with Crippen LogP contribution in [0.3, 0.4) is 0 Å². The van der Waals surface area contributed by atoms with Gasteiger partial charge in [0, 0.05) is 44.7 Å². The topological polar surface area (TPSA) is 125 Å². The van der Waals surface area contributed by atoms with E-state index in [1.807, 2.05) is 18.2 Å². The molecule has 1 amide bonds. The minimum absolute atomic E-state index is 0.312. The Balaban J connectivity index is 0.000000426. The molecular formula is C23H28F6N4O5. The number of aliphatic carboxylic acids is 2. The van der Waals surface area contributed by atoms with Crippen molar-refractivity contribution in [1.29, 1.82) is 5.26 Å². The number of rotatable bonds is 5. The zero-order chi connectivity index (χ0) is 29.3. The first-order valence-corrected chi connectivity index (χ1v) is 11.2. The lowest BCUT2D eigenvalue weighted by atomic mass is 9.96. The van der Waals surface area contributed by atoms with Crippen molar-refractivity contribution in [3.8, 4) is 6.07 Å². The molecule has 2 aliphatic rings. The minimum atomic E-state index is -5.08. The van der Waals surface area contributed by atoms with Gasteiger partial charge < -0.3 is 20.0 Å². The van der Waals surface area contributed by atoms with E-state index in [0.29, 0.717) is 24.4 Å². The number of alkyl halides is 6. The molecule has 0 unspecified atom stereocenters. The maximum Gasteiger partial charge on any atom is 0.490 e. The van der Waals surface area contributed by atoms with Gasteiger partial charge in [-0.15, -0.1) is 0 Å². The zero-order valence-electron chi connectivity index (χ0n) is 20.6. The fourth-order valence-corrected chi connectivity index (χ4v) is 4.01. The Morgan fingerprint density at radius 3 is 2.08 bits per heavy atom. The first-order valence-electron chi connectivity index (χ1n) is 11.2. The standard InChI is InChI=1S/C19H26N4O.2C2HF3O2/c1-21(2)10-11-23-18-8-9-22(17(18)6-7-19(23)24)14-16-5-3-4-15(12-16)13-20;2*3-2(4,5)1(6)7/h3-5,12,17-18H,6-11,14H2,1-2H3;2*(H,6,7)/t17-,18-;;/m1../s1. The Morgan fingerprint density at radius 1 is 1.05 bits per heavy atom. The van der Waals surface area contributed by atoms with Crippen molar-refractivity contribution in [3.63, 3.8) is 0 Å². The molecule has 0 aliphatic carbocycles. The normalized spacial score (nSPS) is 19.5. The summed E-state index contributed by atoms with van der Waals surface area (Å²) in [6.07, 6.45) is -7.50. The minimum Gasteiger partial charge on any atom is -0.475 e. The molecule has 2 N–H and O–H groups in total. The van der Waals surface area contributed by atoms with Crippen LogP contribution in [0.4, 0.5) is 26.3 Å². The summed E-state index contributed by atoms with van der Waals surface area (Å²) in [5, 5.41) is 23.3. The summed E-state index contributed by atoms with van der Waals surface area (Å²) < 4.78 is 63.5. The van der Waals surface area contributed by atoms with Crippen molar-refractivity contribution in [3.05, 3.63) is 35.4 Å². The lowest BCUT2D eigenvalue weighted by Crippen LogP contribution is -2.53. The Kier molecular flexibility index (Phi) is 12.0. The molecule has 0 spiro atoms. The van der Waals surface area contributed by atoms with Crippen LogP contribution >= 0.6 is 0 Å². The van der Waals surface area contributed by atoms with Crippen LogP contribution in [-0.2, 0) is 20.9 Å². The number of carboxylic acid groups (broad SMARTS) is 2. The number of nitrogens with zero attached hydrogens (tertiary/aromatic N) is 4. The van der Waals surface area contributed by atoms with Gasteiger partial charge in [-0.25, -0.2) is 9.59 Å². The SMILES string of the molecule is CN(C)CCN1C(=O)CC[C@@H]2[C@H]1CCN2Cc1cccc(C#N)c1.O=C(O)C(F)(F)F.O=C(O)C(F)(F)F. The van der Waals surface area contributed by atoms with Gasteiger partial charge in [0.25, 0.3) is 0 Å². The van der Waals surface area contributed by atoms with Crippen LogP contribution in [0.15, 0.2) is 24.3 Å². The largest absolute Gasteiger partial charge is 0.490 e. The van der Waals surface area contributed by atoms with Crippen molar-refractivity contribution in [2.45, 2.75) is 50.2 Å². The zero-order valence-corrected chi connectivity index (χ0v) is 20.6. The second-order valence-electron chi connectivity index (χ2n) is 8.74. The van der Waals surface area contributed by atoms with Crippen LogP contribution in [0.2, 0.25) is 0 Å². The quantitative estimate of drug-likeness (QED) is 0.533. The number of hydrogen-bond acceptors (Lipinski definition) is 6. The highest BCUT2D eigenvalue weighted by Crippen LogP contribution is 2.32. The van der Waals surface area contributed by atoms with Crippen molar-refractivity contribution in [1.82, 2.24) is 14.7 Å². The van der Waals surface area contributed by atoms with Crippen molar-refractivity contribution in [2.75, 3.05) is 33.7 Å². The van der Waals surface area contributed by atoms with Crippen molar-refractivity contribution >= 4 is 17.8 Å². The van der Waals surface area contributed by atoms with E-state index in [-0.39, 0.29) is 0 Å². The van der Waals surface area contributed by atoms with Gasteiger partial charge in [0.05, 0.1) is 11.6 Å². The maximum atomic E-state index is 12.4. The van der Waals surface area contributed by atoms with Gasteiger partial charge >= 0.3 is 24.3 Å². The highest BCUT2D eigenvalue weighted by molar-refractivity contribution is 5.77. The number of carbonyl (C=O) groups excluding carboxylic acids is 1. The second-order valence-corrected chi connectivity index (χ2v) is 8.74. The first kappa shape index (κ1) is 32.6. The van der Waals surface area contributed by atoms with Gasteiger partial charge in [-0.05, 0) is 44.6 Å². The molecule has 9 nitrogen and oxygen atoms in total. The monoisotopic (exact) mass is 554 g/mol. The van der Waals surface area contributed by atoms with Gasteiger partial charge in [0.2, 0.25) is 5.91 Å². The molecule has 2 saturated heterocycles. The van der Waals surface area contributed by atoms with Crippen molar-refractivity contribution in [2.24, 2.45) is 0 Å². The highest BCUT2D eigenvalue weighted by atomic mass is 19.4. The van der Waals surface area contributed by atoms with Crippen LogP contribution in [0.5, 0.6) is 0 Å². The third-order valence-corrected chi connectivity index (χ3v) is 5.71. The Labute approximate surface area is 214 Å². The predicted octanol–water partition coefficient (Wildman–Crippen LogP) is 2.95. The van der Waals surface area contributed by atoms with E-state index in [9.17, 15) is 31.1 Å². The molecular weight excluding hydrogens is 526 g/mol. The number of likely N-dealkylation sites (N-methyl/N-ethyl adjacent to an activating group) is 1. The van der Waals surface area contributed by atoms with Gasteiger partial charge in [-0.1, -0.05) is 12.1 Å². The summed E-state index contributed by atoms with van der Waals surface area (Å²) in [7, 11) is 4.10. The number of nitriles is 1. The van der Waals surface area contributed by atoms with Gasteiger partial charge in [-0.2, -0.15) is 31.6 Å². The van der Waals surface area contributed by atoms with Crippen LogP contribution in [0.1, 0.15) is 30.4 Å². The number of benzene rings is 1. The number of piperidine rings is 1. The van der Waals surface area contributed by atoms with E-state index in [1.54, 1.807) is 0 Å². The third-order valence-electron chi connectivity index (χ3n) is 5.71. The van der Waals surface area contributed by atoms with Gasteiger partial charge in [-0.3, -0.25) is 9.69 Å². The molecule has 212 valence electrons. The summed E-state index contributed by atoms with van der Waals surface area (Å²) in [4.78, 5) is 36.9. The van der Waals surface area contributed by atoms with Crippen LogP contribution < -0.4 is 0 Å². The second kappa shape index (κ2) is 14.0. The predicted molar refractivity (Wildman–Crippen MR) is 121 cm³/mol. The lowest BCUT2D eigenvalue weighted by Gasteiger charge is -2.40. The lowest BCUT2D eigenvalue weighted by molar-refractivity contribution is -0.193. The van der Waals surface area contributed by atoms with E-state index >= 15 is 0 Å². The smallest absolute Gasteiger partial charge is 0.475 e. The summed E-state index contributed by atoms with van der Waals surface area (Å²) in [5.41, 5.74) is 1.90. The molecule has 2 atom stereocenters. The van der Waals surface area contributed by atoms with Crippen LogP contribution in [0.25, 0.3) is 0 Å². The number of carboxylic acids is 2. The average molecular weight is 554 g/mol. The fourth-order valence-electron chi connectivity index (χ4n) is 4.01. The third kappa shape index (κ3) is 10.5. The molecule has 0 aromatic heterocycles. The molecule has 0 bridgehead atoms. The van der Waals surface area contributed by atoms with Crippen LogP contribution in [0, 0.1) is 11.3 Å². The average Bonchev–Trinajstić information content (AvgIpc) is 3.20. The molecule has 2 aliphatic heterocycles. The molecule has 3 rings (SSSR count). The number of amides is 1. The van der Waals surface area contributed by atoms with Crippen LogP contribution in [-0.4, -0.2) is 101 Å². The highest BCUT2D eigenvalue weighted by Gasteiger charge is 2.42. The van der Waals surface area contributed by atoms with Crippen molar-refractivity contribution < 1.29 is 50.9 Å². The van der Waals surface area contributed by atoms with Gasteiger partial charge in [0.1, 0.15) is 0 Å². The van der Waals surface area contributed by atoms with E-state index < -0.39 is 24.3 Å². The summed E-state index contributed by atoms with van der Waals surface area (Å²) in [6, 6.07) is 10.9. The molecule has 0 saturated carbocycles. The molecule has 1 aromatic carbocycles. The summed E-state index contributed by atoms with van der Waals surface area (Å²) in [5.74, 6) is -5.20. The molecule has 38 heavy (non-hydrogen) atoms. The molecule has 15 heteroatoms. The Bertz CT molecular complexity index is 985. The van der Waals surface area contributed by atoms with E-state index in [1.165, 1.54) is 5.56 Å². The molecule has 2 fully saturated rings. The Morgan fingerprint density at radius 2 is 1.61 bits per heavy atom. The summed E-state index contributed by atoms with van der Waals surface area (Å²) in [6.45, 7) is 3.63. The number of halogens is 6. The van der Waals surface area contributed by atoms with Gasteiger partial charge in [0.15, 0.2) is 0 Å². The number of hydrogen-bond donors (Lipinski definition) is 2. The number of likely N-dealkylation sites (tertiary alicyclic amines) is 2. The van der Waals surface area contributed by atoms with E-state index in [2.05, 4.69) is 40.9 Å².